The number of ether oxygens (including phenoxy) is 1. The molecule has 1 amide bonds. The number of hydrogen-bond acceptors (Lipinski definition) is 5. The molecule has 0 saturated heterocycles. The van der Waals surface area contributed by atoms with Crippen LogP contribution in [-0.4, -0.2) is 36.1 Å². The highest BCUT2D eigenvalue weighted by atomic mass is 35.5. The van der Waals surface area contributed by atoms with Crippen molar-refractivity contribution in [1.82, 2.24) is 15.3 Å². The van der Waals surface area contributed by atoms with Crippen molar-refractivity contribution in [3.05, 3.63) is 47.2 Å². The number of anilines is 2. The number of carbonyl (C=O) groups is 1. The van der Waals surface area contributed by atoms with Crippen LogP contribution in [0.2, 0.25) is 5.02 Å². The molecule has 0 fully saturated rings. The Hall–Kier alpha value is -2.18. The van der Waals surface area contributed by atoms with Crippen molar-refractivity contribution in [3.8, 4) is 0 Å². The Balaban J connectivity index is 2.03. The molecule has 6 nitrogen and oxygen atoms in total. The van der Waals surface area contributed by atoms with Crippen molar-refractivity contribution in [2.45, 2.75) is 0 Å². The van der Waals surface area contributed by atoms with Gasteiger partial charge in [-0.15, -0.1) is 0 Å². The molecule has 21 heavy (non-hydrogen) atoms. The minimum absolute atomic E-state index is 0.270. The first-order valence-electron chi connectivity index (χ1n) is 6.32. The summed E-state index contributed by atoms with van der Waals surface area (Å²) in [5, 5.41) is 6.35. The van der Waals surface area contributed by atoms with Gasteiger partial charge in [0.15, 0.2) is 0 Å². The van der Waals surface area contributed by atoms with Crippen LogP contribution in [0.25, 0.3) is 0 Å². The van der Waals surface area contributed by atoms with E-state index in [1.54, 1.807) is 37.4 Å². The molecular weight excluding hydrogens is 292 g/mol. The highest BCUT2D eigenvalue weighted by molar-refractivity contribution is 6.30. The fraction of sp³-hybridized carbons (Fsp3) is 0.214. The predicted molar refractivity (Wildman–Crippen MR) is 81.0 cm³/mol. The van der Waals surface area contributed by atoms with Gasteiger partial charge in [0, 0.05) is 30.6 Å². The molecule has 2 aromatic rings. The number of benzene rings is 1. The Morgan fingerprint density at radius 2 is 2.05 bits per heavy atom. The summed E-state index contributed by atoms with van der Waals surface area (Å²) in [6.07, 6.45) is 1.52. The molecular formula is C14H15ClN4O2. The van der Waals surface area contributed by atoms with Crippen LogP contribution >= 0.6 is 11.6 Å². The highest BCUT2D eigenvalue weighted by Gasteiger charge is 2.08. The van der Waals surface area contributed by atoms with E-state index in [-0.39, 0.29) is 11.6 Å². The molecule has 0 aliphatic heterocycles. The van der Waals surface area contributed by atoms with Gasteiger partial charge in [-0.1, -0.05) is 11.6 Å². The van der Waals surface area contributed by atoms with Crippen LogP contribution in [0.5, 0.6) is 0 Å². The van der Waals surface area contributed by atoms with Crippen molar-refractivity contribution < 1.29 is 9.53 Å². The molecule has 0 bridgehead atoms. The van der Waals surface area contributed by atoms with Gasteiger partial charge in [-0.05, 0) is 30.3 Å². The first-order chi connectivity index (χ1) is 10.2. The number of hydrogen-bond donors (Lipinski definition) is 2. The maximum absolute atomic E-state index is 11.9. The molecule has 1 aromatic heterocycles. The first-order valence-corrected chi connectivity index (χ1v) is 6.69. The lowest BCUT2D eigenvalue weighted by atomic mass is 10.3. The summed E-state index contributed by atoms with van der Waals surface area (Å²) >= 11 is 5.82. The van der Waals surface area contributed by atoms with E-state index in [4.69, 9.17) is 16.3 Å². The molecule has 0 aliphatic rings. The predicted octanol–water partition coefficient (Wildman–Crippen LogP) is 2.25. The van der Waals surface area contributed by atoms with Gasteiger partial charge in [0.2, 0.25) is 5.95 Å². The summed E-state index contributed by atoms with van der Waals surface area (Å²) in [6, 6.07) is 8.67. The number of halogens is 1. The number of carbonyl (C=O) groups excluding carboxylic acids is 1. The third-order valence-corrected chi connectivity index (χ3v) is 2.83. The van der Waals surface area contributed by atoms with E-state index in [1.807, 2.05) is 0 Å². The van der Waals surface area contributed by atoms with Gasteiger partial charge >= 0.3 is 0 Å². The second-order valence-corrected chi connectivity index (χ2v) is 4.58. The molecule has 7 heteroatoms. The van der Waals surface area contributed by atoms with E-state index >= 15 is 0 Å². The molecule has 0 unspecified atom stereocenters. The van der Waals surface area contributed by atoms with Gasteiger partial charge in [-0.3, -0.25) is 4.79 Å². The second-order valence-electron chi connectivity index (χ2n) is 4.15. The van der Waals surface area contributed by atoms with Crippen LogP contribution in [0, 0.1) is 0 Å². The van der Waals surface area contributed by atoms with Crippen LogP contribution in [0.4, 0.5) is 11.6 Å². The maximum Gasteiger partial charge on any atom is 0.270 e. The fourth-order valence-corrected chi connectivity index (χ4v) is 1.69. The van der Waals surface area contributed by atoms with Crippen LogP contribution < -0.4 is 10.6 Å². The lowest BCUT2D eigenvalue weighted by Gasteiger charge is -2.07. The topological polar surface area (TPSA) is 76.1 Å². The van der Waals surface area contributed by atoms with Gasteiger partial charge < -0.3 is 15.4 Å². The normalized spacial score (nSPS) is 10.2. The van der Waals surface area contributed by atoms with Crippen LogP contribution in [-0.2, 0) is 4.74 Å². The second kappa shape index (κ2) is 7.56. The third-order valence-electron chi connectivity index (χ3n) is 2.58. The minimum atomic E-state index is -0.270. The largest absolute Gasteiger partial charge is 0.383 e. The zero-order valence-electron chi connectivity index (χ0n) is 11.5. The summed E-state index contributed by atoms with van der Waals surface area (Å²) in [7, 11) is 1.57. The summed E-state index contributed by atoms with van der Waals surface area (Å²) in [5.41, 5.74) is 1.08. The molecule has 1 heterocycles. The standard InChI is InChI=1S/C14H15ClN4O2/c1-21-9-8-16-13(20)12-6-7-17-14(19-12)18-11-4-2-10(15)3-5-11/h2-7H,8-9H2,1H3,(H,16,20)(H,17,18,19). The highest BCUT2D eigenvalue weighted by Crippen LogP contribution is 2.16. The van der Waals surface area contributed by atoms with Crippen molar-refractivity contribution in [3.63, 3.8) is 0 Å². The lowest BCUT2D eigenvalue weighted by Crippen LogP contribution is -2.27. The molecule has 2 rings (SSSR count). The minimum Gasteiger partial charge on any atom is -0.383 e. The van der Waals surface area contributed by atoms with E-state index in [2.05, 4.69) is 20.6 Å². The molecule has 0 atom stereocenters. The van der Waals surface area contributed by atoms with E-state index in [9.17, 15) is 4.79 Å². The van der Waals surface area contributed by atoms with Crippen molar-refractivity contribution in [1.29, 1.82) is 0 Å². The number of nitrogens with zero attached hydrogens (tertiary/aromatic N) is 2. The zero-order chi connectivity index (χ0) is 15.1. The Bertz CT molecular complexity index is 604. The molecule has 0 radical (unpaired) electrons. The van der Waals surface area contributed by atoms with Gasteiger partial charge in [0.05, 0.1) is 6.61 Å². The summed E-state index contributed by atoms with van der Waals surface area (Å²) in [6.45, 7) is 0.881. The van der Waals surface area contributed by atoms with E-state index in [1.165, 1.54) is 6.20 Å². The van der Waals surface area contributed by atoms with Gasteiger partial charge in [0.1, 0.15) is 5.69 Å². The third kappa shape index (κ3) is 4.70. The van der Waals surface area contributed by atoms with Gasteiger partial charge in [-0.2, -0.15) is 0 Å². The summed E-state index contributed by atoms with van der Waals surface area (Å²) < 4.78 is 4.87. The fourth-order valence-electron chi connectivity index (χ4n) is 1.56. The van der Waals surface area contributed by atoms with Gasteiger partial charge in [0.25, 0.3) is 5.91 Å². The molecule has 110 valence electrons. The quantitative estimate of drug-likeness (QED) is 0.801. The van der Waals surface area contributed by atoms with Crippen LogP contribution in [0.1, 0.15) is 10.5 Å². The average Bonchev–Trinajstić information content (AvgIpc) is 2.50. The molecule has 2 N–H and O–H groups in total. The first kappa shape index (κ1) is 15.2. The summed E-state index contributed by atoms with van der Waals surface area (Å²) in [4.78, 5) is 20.1. The Morgan fingerprint density at radius 1 is 1.29 bits per heavy atom. The van der Waals surface area contributed by atoms with Crippen molar-refractivity contribution in [2.24, 2.45) is 0 Å². The SMILES string of the molecule is COCCNC(=O)c1ccnc(Nc2ccc(Cl)cc2)n1. The molecule has 0 spiro atoms. The smallest absolute Gasteiger partial charge is 0.270 e. The molecule has 1 aromatic carbocycles. The molecule has 0 saturated carbocycles. The number of rotatable bonds is 6. The Morgan fingerprint density at radius 3 is 2.76 bits per heavy atom. The number of aromatic nitrogens is 2. The van der Waals surface area contributed by atoms with Crippen LogP contribution in [0.3, 0.4) is 0 Å². The van der Waals surface area contributed by atoms with Crippen molar-refractivity contribution in [2.75, 3.05) is 25.6 Å². The van der Waals surface area contributed by atoms with Gasteiger partial charge in [-0.25, -0.2) is 9.97 Å². The maximum atomic E-state index is 11.9. The number of methoxy groups -OCH3 is 1. The average molecular weight is 307 g/mol. The van der Waals surface area contributed by atoms with Crippen molar-refractivity contribution >= 4 is 29.1 Å². The Kier molecular flexibility index (Phi) is 5.48. The molecule has 0 aliphatic carbocycles. The van der Waals surface area contributed by atoms with E-state index in [0.29, 0.717) is 24.1 Å². The van der Waals surface area contributed by atoms with E-state index in [0.717, 1.165) is 5.69 Å². The number of nitrogens with one attached hydrogen (secondary N) is 2. The zero-order valence-corrected chi connectivity index (χ0v) is 12.2. The van der Waals surface area contributed by atoms with E-state index < -0.39 is 0 Å². The monoisotopic (exact) mass is 306 g/mol. The summed E-state index contributed by atoms with van der Waals surface area (Å²) in [5.74, 6) is 0.0744. The Labute approximate surface area is 127 Å². The number of amides is 1. The lowest BCUT2D eigenvalue weighted by molar-refractivity contribution is 0.0932. The van der Waals surface area contributed by atoms with Crippen LogP contribution in [0.15, 0.2) is 36.5 Å².